The number of anilines is 1. The molecule has 0 bridgehead atoms. The molecule has 1 amide bonds. The lowest BCUT2D eigenvalue weighted by molar-refractivity contribution is -0.117. The number of hydrogen-bond acceptors (Lipinski definition) is 4. The molecule has 0 aliphatic carbocycles. The van der Waals surface area contributed by atoms with Gasteiger partial charge in [-0.3, -0.25) is 9.69 Å². The summed E-state index contributed by atoms with van der Waals surface area (Å²) < 4.78 is 10.8. The molecule has 0 saturated carbocycles. The van der Waals surface area contributed by atoms with Crippen LogP contribution in [0, 0.1) is 13.8 Å². The number of nitrogens with one attached hydrogen (secondary N) is 1. The van der Waals surface area contributed by atoms with Gasteiger partial charge in [0.05, 0.1) is 32.2 Å². The van der Waals surface area contributed by atoms with E-state index in [1.54, 1.807) is 12.5 Å². The Kier molecular flexibility index (Phi) is 5.36. The topological polar surface area (TPSA) is 58.6 Å². The summed E-state index contributed by atoms with van der Waals surface area (Å²) in [6.45, 7) is 5.40. The lowest BCUT2D eigenvalue weighted by Crippen LogP contribution is -2.32. The van der Waals surface area contributed by atoms with Crippen LogP contribution in [0.3, 0.4) is 0 Å². The van der Waals surface area contributed by atoms with Crippen molar-refractivity contribution in [2.24, 2.45) is 0 Å². The van der Waals surface area contributed by atoms with Gasteiger partial charge >= 0.3 is 0 Å². The summed E-state index contributed by atoms with van der Waals surface area (Å²) in [6.07, 6.45) is 3.27. The van der Waals surface area contributed by atoms with E-state index in [4.69, 9.17) is 8.83 Å². The van der Waals surface area contributed by atoms with Crippen molar-refractivity contribution in [1.82, 2.24) is 4.90 Å². The van der Waals surface area contributed by atoms with Gasteiger partial charge in [-0.1, -0.05) is 6.07 Å². The third kappa shape index (κ3) is 4.84. The number of rotatable bonds is 7. The molecule has 25 heavy (non-hydrogen) atoms. The first-order chi connectivity index (χ1) is 12.1. The molecular weight excluding hydrogens is 316 g/mol. The van der Waals surface area contributed by atoms with Crippen molar-refractivity contribution in [3.8, 4) is 0 Å². The van der Waals surface area contributed by atoms with Crippen LogP contribution in [0.15, 0.2) is 63.8 Å². The summed E-state index contributed by atoms with van der Waals surface area (Å²) >= 11 is 0. The van der Waals surface area contributed by atoms with Gasteiger partial charge in [-0.05, 0) is 61.4 Å². The van der Waals surface area contributed by atoms with Gasteiger partial charge in [0, 0.05) is 5.69 Å². The number of carbonyl (C=O) groups excluding carboxylic acids is 1. The molecule has 0 atom stereocenters. The molecule has 0 radical (unpaired) electrons. The van der Waals surface area contributed by atoms with E-state index in [9.17, 15) is 4.79 Å². The smallest absolute Gasteiger partial charge is 0.238 e. The van der Waals surface area contributed by atoms with Crippen molar-refractivity contribution < 1.29 is 13.6 Å². The van der Waals surface area contributed by atoms with Crippen molar-refractivity contribution in [1.29, 1.82) is 0 Å². The summed E-state index contributed by atoms with van der Waals surface area (Å²) in [4.78, 5) is 14.4. The van der Waals surface area contributed by atoms with Crippen LogP contribution in [0.2, 0.25) is 0 Å². The molecule has 5 nitrogen and oxygen atoms in total. The van der Waals surface area contributed by atoms with Crippen LogP contribution in [0.4, 0.5) is 5.69 Å². The van der Waals surface area contributed by atoms with Gasteiger partial charge in [0.2, 0.25) is 5.91 Å². The fraction of sp³-hybridized carbons (Fsp3) is 0.250. The monoisotopic (exact) mass is 338 g/mol. The summed E-state index contributed by atoms with van der Waals surface area (Å²) in [5.74, 6) is 1.55. The number of carbonyl (C=O) groups is 1. The summed E-state index contributed by atoms with van der Waals surface area (Å²) in [7, 11) is 0. The average Bonchev–Trinajstić information content (AvgIpc) is 3.25. The molecule has 0 unspecified atom stereocenters. The zero-order valence-electron chi connectivity index (χ0n) is 14.5. The van der Waals surface area contributed by atoms with E-state index in [-0.39, 0.29) is 12.5 Å². The van der Waals surface area contributed by atoms with Gasteiger partial charge in [0.25, 0.3) is 0 Å². The quantitative estimate of drug-likeness (QED) is 0.704. The zero-order valence-corrected chi connectivity index (χ0v) is 14.5. The van der Waals surface area contributed by atoms with Gasteiger partial charge in [0.1, 0.15) is 11.5 Å². The Bertz CT molecular complexity index is 771. The maximum Gasteiger partial charge on any atom is 0.238 e. The minimum absolute atomic E-state index is 0.0682. The fourth-order valence-corrected chi connectivity index (χ4v) is 2.64. The van der Waals surface area contributed by atoms with Gasteiger partial charge in [-0.15, -0.1) is 0 Å². The Morgan fingerprint density at radius 2 is 1.60 bits per heavy atom. The van der Waals surface area contributed by atoms with Gasteiger partial charge in [-0.2, -0.15) is 0 Å². The maximum atomic E-state index is 12.5. The molecule has 0 saturated heterocycles. The van der Waals surface area contributed by atoms with E-state index in [1.165, 1.54) is 5.56 Å². The molecule has 5 heteroatoms. The second-order valence-corrected chi connectivity index (χ2v) is 6.15. The molecule has 3 rings (SSSR count). The van der Waals surface area contributed by atoms with Crippen LogP contribution in [0.5, 0.6) is 0 Å². The molecule has 0 aliphatic heterocycles. The lowest BCUT2D eigenvalue weighted by Gasteiger charge is -2.19. The minimum atomic E-state index is -0.0682. The van der Waals surface area contributed by atoms with Crippen LogP contribution in [0.25, 0.3) is 0 Å². The van der Waals surface area contributed by atoms with Crippen molar-refractivity contribution in [2.45, 2.75) is 26.9 Å². The van der Waals surface area contributed by atoms with Crippen molar-refractivity contribution in [3.63, 3.8) is 0 Å². The first kappa shape index (κ1) is 17.0. The molecule has 0 fully saturated rings. The van der Waals surface area contributed by atoms with Crippen LogP contribution in [-0.4, -0.2) is 17.4 Å². The molecule has 130 valence electrons. The highest BCUT2D eigenvalue weighted by Gasteiger charge is 2.15. The van der Waals surface area contributed by atoms with Crippen LogP contribution >= 0.6 is 0 Å². The third-order valence-electron chi connectivity index (χ3n) is 4.08. The Labute approximate surface area is 147 Å². The first-order valence-corrected chi connectivity index (χ1v) is 8.24. The van der Waals surface area contributed by atoms with E-state index < -0.39 is 0 Å². The van der Waals surface area contributed by atoms with E-state index in [2.05, 4.69) is 12.2 Å². The van der Waals surface area contributed by atoms with E-state index in [0.717, 1.165) is 22.8 Å². The Morgan fingerprint density at radius 3 is 2.12 bits per heavy atom. The SMILES string of the molecule is Cc1ccc(NC(=O)CN(Cc2ccco2)Cc2ccco2)cc1C. The third-order valence-corrected chi connectivity index (χ3v) is 4.08. The lowest BCUT2D eigenvalue weighted by atomic mass is 10.1. The number of hydrogen-bond donors (Lipinski definition) is 1. The van der Waals surface area contributed by atoms with Crippen molar-refractivity contribution in [3.05, 3.63) is 77.6 Å². The summed E-state index contributed by atoms with van der Waals surface area (Å²) in [5.41, 5.74) is 3.17. The molecule has 3 aromatic rings. The Hall–Kier alpha value is -2.79. The number of amides is 1. The van der Waals surface area contributed by atoms with E-state index in [0.29, 0.717) is 13.1 Å². The number of furan rings is 2. The highest BCUT2D eigenvalue weighted by molar-refractivity contribution is 5.92. The Balaban J connectivity index is 1.65. The molecule has 0 spiro atoms. The highest BCUT2D eigenvalue weighted by Crippen LogP contribution is 2.15. The molecule has 0 aliphatic rings. The van der Waals surface area contributed by atoms with Gasteiger partial charge in [-0.25, -0.2) is 0 Å². The first-order valence-electron chi connectivity index (χ1n) is 8.24. The maximum absolute atomic E-state index is 12.5. The van der Waals surface area contributed by atoms with Crippen molar-refractivity contribution in [2.75, 3.05) is 11.9 Å². The highest BCUT2D eigenvalue weighted by atomic mass is 16.3. The van der Waals surface area contributed by atoms with E-state index in [1.807, 2.05) is 54.3 Å². The van der Waals surface area contributed by atoms with Crippen LogP contribution in [0.1, 0.15) is 22.6 Å². The number of nitrogens with zero attached hydrogens (tertiary/aromatic N) is 1. The summed E-state index contributed by atoms with van der Waals surface area (Å²) in [6, 6.07) is 13.4. The number of benzene rings is 1. The average molecular weight is 338 g/mol. The number of aryl methyl sites for hydroxylation is 2. The van der Waals surface area contributed by atoms with Gasteiger partial charge < -0.3 is 14.2 Å². The van der Waals surface area contributed by atoms with Crippen LogP contribution < -0.4 is 5.32 Å². The van der Waals surface area contributed by atoms with Crippen molar-refractivity contribution >= 4 is 11.6 Å². The standard InChI is InChI=1S/C20H22N2O3/c1-15-7-8-17(11-16(15)2)21-20(23)14-22(12-18-5-3-9-24-18)13-19-6-4-10-25-19/h3-11H,12-14H2,1-2H3,(H,21,23). The fourth-order valence-electron chi connectivity index (χ4n) is 2.64. The largest absolute Gasteiger partial charge is 0.468 e. The minimum Gasteiger partial charge on any atom is -0.468 e. The van der Waals surface area contributed by atoms with E-state index >= 15 is 0 Å². The summed E-state index contributed by atoms with van der Waals surface area (Å²) in [5, 5.41) is 2.96. The van der Waals surface area contributed by atoms with Crippen LogP contribution in [-0.2, 0) is 17.9 Å². The molecule has 1 N–H and O–H groups in total. The second kappa shape index (κ2) is 7.85. The normalized spacial score (nSPS) is 11.0. The van der Waals surface area contributed by atoms with Gasteiger partial charge in [0.15, 0.2) is 0 Å². The molecular formula is C20H22N2O3. The predicted molar refractivity (Wildman–Crippen MR) is 96.1 cm³/mol. The second-order valence-electron chi connectivity index (χ2n) is 6.15. The predicted octanol–water partition coefficient (Wildman–Crippen LogP) is 4.13. The Morgan fingerprint density at radius 1 is 0.960 bits per heavy atom. The molecule has 2 aromatic heterocycles. The zero-order chi connectivity index (χ0) is 17.6. The molecule has 2 heterocycles. The molecule has 1 aromatic carbocycles.